The lowest BCUT2D eigenvalue weighted by Gasteiger charge is -2.02. The Morgan fingerprint density at radius 2 is 2.00 bits per heavy atom. The van der Waals surface area contributed by atoms with Gasteiger partial charge in [0.25, 0.3) is 0 Å². The molecule has 2 N–H and O–H groups in total. The van der Waals surface area contributed by atoms with E-state index in [1.165, 1.54) is 4.68 Å². The summed E-state index contributed by atoms with van der Waals surface area (Å²) in [7, 11) is 0. The first-order valence-electron chi connectivity index (χ1n) is 4.33. The van der Waals surface area contributed by atoms with Crippen molar-refractivity contribution in [2.24, 2.45) is 0 Å². The molecule has 0 saturated carbocycles. The average molecular weight is 239 g/mol. The minimum atomic E-state index is -0.575. The number of rotatable bonds is 2. The molecule has 0 saturated heterocycles. The Morgan fingerprint density at radius 1 is 1.38 bits per heavy atom. The molecular weight excluding hydrogens is 232 g/mol. The summed E-state index contributed by atoms with van der Waals surface area (Å²) in [5.74, 6) is -0.00711. The molecule has 0 aliphatic rings. The van der Waals surface area contributed by atoms with Crippen LogP contribution in [0.3, 0.4) is 0 Å². The first kappa shape index (κ1) is 10.4. The van der Waals surface area contributed by atoms with Crippen molar-refractivity contribution in [1.29, 1.82) is 0 Å². The molecule has 16 heavy (non-hydrogen) atoms. The highest BCUT2D eigenvalue weighted by Gasteiger charge is 2.18. The number of nitro groups is 1. The summed E-state index contributed by atoms with van der Waals surface area (Å²) in [4.78, 5) is 10.00. The number of benzene rings is 1. The molecule has 1 aromatic heterocycles. The Kier molecular flexibility index (Phi) is 2.49. The number of halogens is 1. The second-order valence-corrected chi connectivity index (χ2v) is 3.50. The van der Waals surface area contributed by atoms with E-state index in [9.17, 15) is 10.1 Å². The molecule has 0 aliphatic carbocycles. The van der Waals surface area contributed by atoms with Crippen molar-refractivity contribution >= 4 is 23.1 Å². The van der Waals surface area contributed by atoms with Gasteiger partial charge in [0.05, 0.1) is 10.6 Å². The first-order chi connectivity index (χ1) is 7.59. The summed E-state index contributed by atoms with van der Waals surface area (Å²) >= 11 is 5.73. The van der Waals surface area contributed by atoms with E-state index in [4.69, 9.17) is 17.3 Å². The minimum Gasteiger partial charge on any atom is -0.378 e. The van der Waals surface area contributed by atoms with Crippen molar-refractivity contribution in [3.05, 3.63) is 45.6 Å². The van der Waals surface area contributed by atoms with Crippen LogP contribution in [0, 0.1) is 10.1 Å². The number of nitrogen functional groups attached to an aromatic ring is 1. The van der Waals surface area contributed by atoms with E-state index in [1.807, 2.05) is 0 Å². The molecule has 1 heterocycles. The van der Waals surface area contributed by atoms with E-state index in [2.05, 4.69) is 5.10 Å². The maximum atomic E-state index is 10.6. The SMILES string of the molecule is Nc1c([N+](=O)[O-])cnn1-c1ccc(Cl)cc1. The van der Waals surface area contributed by atoms with Crippen molar-refractivity contribution in [2.75, 3.05) is 5.73 Å². The summed E-state index contributed by atoms with van der Waals surface area (Å²) in [6.45, 7) is 0. The van der Waals surface area contributed by atoms with Crippen molar-refractivity contribution in [2.45, 2.75) is 0 Å². The van der Waals surface area contributed by atoms with E-state index in [-0.39, 0.29) is 11.5 Å². The lowest BCUT2D eigenvalue weighted by atomic mass is 10.3. The standard InChI is InChI=1S/C9H7ClN4O2/c10-6-1-3-7(4-2-6)13-9(11)8(5-12-13)14(15)16/h1-5H,11H2. The van der Waals surface area contributed by atoms with E-state index >= 15 is 0 Å². The van der Waals surface area contributed by atoms with E-state index in [0.717, 1.165) is 6.20 Å². The van der Waals surface area contributed by atoms with Crippen LogP contribution in [0.1, 0.15) is 0 Å². The topological polar surface area (TPSA) is 87.0 Å². The normalized spacial score (nSPS) is 10.3. The van der Waals surface area contributed by atoms with Crippen LogP contribution in [0.2, 0.25) is 5.02 Å². The fraction of sp³-hybridized carbons (Fsp3) is 0. The molecule has 2 aromatic rings. The van der Waals surface area contributed by atoms with Crippen LogP contribution >= 0.6 is 11.6 Å². The summed E-state index contributed by atoms with van der Waals surface area (Å²) in [6.07, 6.45) is 1.12. The van der Waals surface area contributed by atoms with Gasteiger partial charge in [-0.05, 0) is 24.3 Å². The predicted octanol–water partition coefficient (Wildman–Crippen LogP) is 2.02. The zero-order chi connectivity index (χ0) is 11.7. The smallest absolute Gasteiger partial charge is 0.331 e. The summed E-state index contributed by atoms with van der Waals surface area (Å²) < 4.78 is 1.29. The van der Waals surface area contributed by atoms with E-state index < -0.39 is 4.92 Å². The van der Waals surface area contributed by atoms with E-state index in [1.54, 1.807) is 24.3 Å². The number of nitrogens with zero attached hydrogens (tertiary/aromatic N) is 3. The van der Waals surface area contributed by atoms with Crippen LogP contribution in [-0.4, -0.2) is 14.7 Å². The van der Waals surface area contributed by atoms with Gasteiger partial charge < -0.3 is 5.73 Å². The number of anilines is 1. The second kappa shape index (κ2) is 3.82. The third kappa shape index (κ3) is 1.70. The molecule has 6 nitrogen and oxygen atoms in total. The average Bonchev–Trinajstić information content (AvgIpc) is 2.61. The maximum Gasteiger partial charge on any atom is 0.331 e. The van der Waals surface area contributed by atoms with Gasteiger partial charge in [-0.3, -0.25) is 10.1 Å². The Morgan fingerprint density at radius 3 is 2.50 bits per heavy atom. The molecule has 0 spiro atoms. The largest absolute Gasteiger partial charge is 0.378 e. The number of aromatic nitrogens is 2. The summed E-state index contributed by atoms with van der Waals surface area (Å²) in [6, 6.07) is 6.67. The van der Waals surface area contributed by atoms with Crippen molar-refractivity contribution < 1.29 is 4.92 Å². The van der Waals surface area contributed by atoms with Gasteiger partial charge in [-0.1, -0.05) is 11.6 Å². The maximum absolute atomic E-state index is 10.6. The van der Waals surface area contributed by atoms with Gasteiger partial charge in [-0.15, -0.1) is 0 Å². The van der Waals surface area contributed by atoms with Gasteiger partial charge >= 0.3 is 5.69 Å². The molecule has 2 rings (SSSR count). The molecule has 0 unspecified atom stereocenters. The summed E-state index contributed by atoms with van der Waals surface area (Å²) in [5, 5.41) is 15.0. The molecule has 0 amide bonds. The fourth-order valence-electron chi connectivity index (χ4n) is 1.28. The minimum absolute atomic E-state index is 0.00711. The van der Waals surface area contributed by atoms with Crippen molar-refractivity contribution in [3.8, 4) is 5.69 Å². The highest BCUT2D eigenvalue weighted by Crippen LogP contribution is 2.23. The van der Waals surface area contributed by atoms with Gasteiger partial charge in [0.15, 0.2) is 0 Å². The highest BCUT2D eigenvalue weighted by molar-refractivity contribution is 6.30. The Labute approximate surface area is 95.4 Å². The van der Waals surface area contributed by atoms with Crippen LogP contribution in [0.15, 0.2) is 30.5 Å². The van der Waals surface area contributed by atoms with Gasteiger partial charge in [0, 0.05) is 5.02 Å². The molecule has 0 aliphatic heterocycles. The third-order valence-electron chi connectivity index (χ3n) is 2.05. The molecule has 0 bridgehead atoms. The third-order valence-corrected chi connectivity index (χ3v) is 2.31. The predicted molar refractivity (Wildman–Crippen MR) is 59.6 cm³/mol. The summed E-state index contributed by atoms with van der Waals surface area (Å²) in [5.41, 5.74) is 6.01. The lowest BCUT2D eigenvalue weighted by Crippen LogP contribution is -2.02. The Hall–Kier alpha value is -2.08. The van der Waals surface area contributed by atoms with Crippen LogP contribution in [0.5, 0.6) is 0 Å². The van der Waals surface area contributed by atoms with Crippen LogP contribution < -0.4 is 5.73 Å². The van der Waals surface area contributed by atoms with E-state index in [0.29, 0.717) is 10.7 Å². The Balaban J connectivity index is 2.49. The molecule has 0 radical (unpaired) electrons. The zero-order valence-corrected chi connectivity index (χ0v) is 8.76. The van der Waals surface area contributed by atoms with Gasteiger partial charge in [-0.25, -0.2) is 4.68 Å². The zero-order valence-electron chi connectivity index (χ0n) is 8.00. The van der Waals surface area contributed by atoms with Crippen LogP contribution in [-0.2, 0) is 0 Å². The van der Waals surface area contributed by atoms with Crippen LogP contribution in [0.25, 0.3) is 5.69 Å². The lowest BCUT2D eigenvalue weighted by molar-refractivity contribution is -0.383. The number of hydrogen-bond acceptors (Lipinski definition) is 4. The molecule has 7 heteroatoms. The van der Waals surface area contributed by atoms with Crippen molar-refractivity contribution in [3.63, 3.8) is 0 Å². The Bertz CT molecular complexity index is 535. The number of nitrogens with two attached hydrogens (primary N) is 1. The molecule has 1 aromatic carbocycles. The fourth-order valence-corrected chi connectivity index (χ4v) is 1.40. The highest BCUT2D eigenvalue weighted by atomic mass is 35.5. The molecule has 82 valence electrons. The van der Waals surface area contributed by atoms with Crippen molar-refractivity contribution in [1.82, 2.24) is 9.78 Å². The monoisotopic (exact) mass is 238 g/mol. The second-order valence-electron chi connectivity index (χ2n) is 3.06. The number of hydrogen-bond donors (Lipinski definition) is 1. The van der Waals surface area contributed by atoms with Gasteiger partial charge in [0.1, 0.15) is 6.20 Å². The molecule has 0 atom stereocenters. The molecule has 0 fully saturated rings. The van der Waals surface area contributed by atoms with Gasteiger partial charge in [-0.2, -0.15) is 5.10 Å². The first-order valence-corrected chi connectivity index (χ1v) is 4.71. The van der Waals surface area contributed by atoms with Gasteiger partial charge in [0.2, 0.25) is 5.82 Å². The molecular formula is C9H7ClN4O2. The quantitative estimate of drug-likeness (QED) is 0.640. The van der Waals surface area contributed by atoms with Crippen LogP contribution in [0.4, 0.5) is 11.5 Å².